The molecule has 2 atom stereocenters. The maximum atomic E-state index is 5.89. The molecule has 0 aromatic heterocycles. The lowest BCUT2D eigenvalue weighted by atomic mass is 9.94. The summed E-state index contributed by atoms with van der Waals surface area (Å²) in [6.07, 6.45) is 6.39. The molecule has 2 nitrogen and oxygen atoms in total. The van der Waals surface area contributed by atoms with Crippen LogP contribution < -0.4 is 5.73 Å². The average molecular weight is 152 g/mol. The summed E-state index contributed by atoms with van der Waals surface area (Å²) in [4.78, 5) is 2.24. The molecule has 1 rings (SSSR count). The van der Waals surface area contributed by atoms with E-state index in [4.69, 9.17) is 12.2 Å². The van der Waals surface area contributed by atoms with E-state index in [-0.39, 0.29) is 0 Å². The third-order valence-corrected chi connectivity index (χ3v) is 2.42. The Bertz CT molecular complexity index is 159. The quantitative estimate of drug-likeness (QED) is 0.547. The fraction of sp³-hybridized carbons (Fsp3) is 0.778. The molecule has 2 unspecified atom stereocenters. The van der Waals surface area contributed by atoms with E-state index in [1.807, 2.05) is 0 Å². The van der Waals surface area contributed by atoms with Gasteiger partial charge in [-0.1, -0.05) is 12.8 Å². The Morgan fingerprint density at radius 1 is 1.73 bits per heavy atom. The highest BCUT2D eigenvalue weighted by atomic mass is 15.1. The van der Waals surface area contributed by atoms with Gasteiger partial charge in [0.05, 0.1) is 6.54 Å². The molecule has 2 N–H and O–H groups in total. The number of rotatable bonds is 1. The Morgan fingerprint density at radius 2 is 2.45 bits per heavy atom. The van der Waals surface area contributed by atoms with Crippen LogP contribution in [0.4, 0.5) is 0 Å². The van der Waals surface area contributed by atoms with Crippen molar-refractivity contribution in [3.05, 3.63) is 0 Å². The SMILES string of the molecule is C#CCN1CCC(C)C(N)C1. The van der Waals surface area contributed by atoms with Crippen molar-refractivity contribution in [1.29, 1.82) is 0 Å². The molecule has 0 aromatic rings. The van der Waals surface area contributed by atoms with Gasteiger partial charge in [-0.2, -0.15) is 0 Å². The first-order valence-electron chi connectivity index (χ1n) is 4.15. The molecule has 1 saturated heterocycles. The van der Waals surface area contributed by atoms with Gasteiger partial charge in [-0.3, -0.25) is 4.90 Å². The summed E-state index contributed by atoms with van der Waals surface area (Å²) in [5.41, 5.74) is 5.89. The Morgan fingerprint density at radius 3 is 3.00 bits per heavy atom. The average Bonchev–Trinajstić information content (AvgIpc) is 1.98. The summed E-state index contributed by atoms with van der Waals surface area (Å²) in [7, 11) is 0. The Kier molecular flexibility index (Phi) is 2.92. The minimum absolute atomic E-state index is 0.317. The van der Waals surface area contributed by atoms with Crippen molar-refractivity contribution >= 4 is 0 Å². The van der Waals surface area contributed by atoms with Gasteiger partial charge in [-0.05, 0) is 18.9 Å². The van der Waals surface area contributed by atoms with Crippen molar-refractivity contribution in [1.82, 2.24) is 4.90 Å². The van der Waals surface area contributed by atoms with Gasteiger partial charge in [0.2, 0.25) is 0 Å². The number of hydrogen-bond donors (Lipinski definition) is 1. The smallest absolute Gasteiger partial charge is 0.0599 e. The predicted octanol–water partition coefficient (Wildman–Crippen LogP) is 0.289. The summed E-state index contributed by atoms with van der Waals surface area (Å²) in [6, 6.07) is 0.317. The van der Waals surface area contributed by atoms with Gasteiger partial charge < -0.3 is 5.73 Å². The topological polar surface area (TPSA) is 29.3 Å². The first kappa shape index (κ1) is 8.58. The van der Waals surface area contributed by atoms with Crippen molar-refractivity contribution < 1.29 is 0 Å². The predicted molar refractivity (Wildman–Crippen MR) is 47.0 cm³/mol. The molecule has 2 heteroatoms. The van der Waals surface area contributed by atoms with Gasteiger partial charge in [0.1, 0.15) is 0 Å². The van der Waals surface area contributed by atoms with Gasteiger partial charge in [0.15, 0.2) is 0 Å². The molecule has 0 bridgehead atoms. The summed E-state index contributed by atoms with van der Waals surface area (Å²) in [5, 5.41) is 0. The van der Waals surface area contributed by atoms with Gasteiger partial charge in [0.25, 0.3) is 0 Å². The lowest BCUT2D eigenvalue weighted by Crippen LogP contribution is -2.47. The van der Waals surface area contributed by atoms with Crippen LogP contribution in [0, 0.1) is 18.3 Å². The first-order valence-corrected chi connectivity index (χ1v) is 4.15. The van der Waals surface area contributed by atoms with Gasteiger partial charge in [-0.15, -0.1) is 6.42 Å². The number of nitrogens with zero attached hydrogens (tertiary/aromatic N) is 1. The van der Waals surface area contributed by atoms with Crippen molar-refractivity contribution in [2.45, 2.75) is 19.4 Å². The van der Waals surface area contributed by atoms with Crippen LogP contribution >= 0.6 is 0 Å². The van der Waals surface area contributed by atoms with Crippen LogP contribution in [-0.4, -0.2) is 30.6 Å². The third-order valence-electron chi connectivity index (χ3n) is 2.42. The van der Waals surface area contributed by atoms with Crippen molar-refractivity contribution in [2.75, 3.05) is 19.6 Å². The second-order valence-corrected chi connectivity index (χ2v) is 3.37. The van der Waals surface area contributed by atoms with E-state index in [2.05, 4.69) is 17.7 Å². The van der Waals surface area contributed by atoms with Gasteiger partial charge in [0, 0.05) is 12.6 Å². The summed E-state index contributed by atoms with van der Waals surface area (Å²) in [5.74, 6) is 3.30. The van der Waals surface area contributed by atoms with E-state index in [9.17, 15) is 0 Å². The Balaban J connectivity index is 2.35. The monoisotopic (exact) mass is 152 g/mol. The summed E-state index contributed by atoms with van der Waals surface area (Å²) in [6.45, 7) is 5.03. The standard InChI is InChI=1S/C9H16N2/c1-3-5-11-6-4-8(2)9(10)7-11/h1,8-9H,4-7,10H2,2H3. The van der Waals surface area contributed by atoms with E-state index < -0.39 is 0 Å². The second kappa shape index (κ2) is 3.75. The van der Waals surface area contributed by atoms with Crippen LogP contribution in [0.5, 0.6) is 0 Å². The fourth-order valence-electron chi connectivity index (χ4n) is 1.44. The molecule has 11 heavy (non-hydrogen) atoms. The van der Waals surface area contributed by atoms with Crippen molar-refractivity contribution in [3.8, 4) is 12.3 Å². The number of terminal acetylenes is 1. The third kappa shape index (κ3) is 2.21. The molecule has 1 aliphatic rings. The molecular weight excluding hydrogens is 136 g/mol. The summed E-state index contributed by atoms with van der Waals surface area (Å²) < 4.78 is 0. The molecular formula is C9H16N2. The zero-order valence-electron chi connectivity index (χ0n) is 7.09. The lowest BCUT2D eigenvalue weighted by molar-refractivity contribution is 0.186. The second-order valence-electron chi connectivity index (χ2n) is 3.37. The van der Waals surface area contributed by atoms with E-state index in [0.29, 0.717) is 12.0 Å². The van der Waals surface area contributed by atoms with Crippen LogP contribution in [0.3, 0.4) is 0 Å². The first-order chi connectivity index (χ1) is 5.24. The molecule has 0 radical (unpaired) electrons. The molecule has 0 spiro atoms. The zero-order valence-corrected chi connectivity index (χ0v) is 7.09. The lowest BCUT2D eigenvalue weighted by Gasteiger charge is -2.33. The highest BCUT2D eigenvalue weighted by Gasteiger charge is 2.21. The molecule has 0 saturated carbocycles. The normalized spacial score (nSPS) is 33.2. The Labute approximate surface area is 68.8 Å². The minimum Gasteiger partial charge on any atom is -0.326 e. The summed E-state index contributed by atoms with van der Waals surface area (Å²) >= 11 is 0. The van der Waals surface area contributed by atoms with Crippen LogP contribution in [0.25, 0.3) is 0 Å². The van der Waals surface area contributed by atoms with E-state index in [1.165, 1.54) is 6.42 Å². The van der Waals surface area contributed by atoms with Gasteiger partial charge in [-0.25, -0.2) is 0 Å². The molecule has 0 aromatic carbocycles. The molecule has 1 heterocycles. The van der Waals surface area contributed by atoms with Crippen molar-refractivity contribution in [3.63, 3.8) is 0 Å². The molecule has 62 valence electrons. The zero-order chi connectivity index (χ0) is 8.27. The molecule has 1 aliphatic heterocycles. The highest BCUT2D eigenvalue weighted by molar-refractivity contribution is 4.91. The number of nitrogens with two attached hydrogens (primary N) is 1. The molecule has 0 amide bonds. The Hall–Kier alpha value is -0.520. The van der Waals surface area contributed by atoms with Crippen LogP contribution in [-0.2, 0) is 0 Å². The fourth-order valence-corrected chi connectivity index (χ4v) is 1.44. The van der Waals surface area contributed by atoms with Crippen LogP contribution in [0.15, 0.2) is 0 Å². The minimum atomic E-state index is 0.317. The van der Waals surface area contributed by atoms with E-state index >= 15 is 0 Å². The number of hydrogen-bond acceptors (Lipinski definition) is 2. The maximum absolute atomic E-state index is 5.89. The van der Waals surface area contributed by atoms with E-state index in [1.54, 1.807) is 0 Å². The van der Waals surface area contributed by atoms with E-state index in [0.717, 1.165) is 19.6 Å². The van der Waals surface area contributed by atoms with Crippen molar-refractivity contribution in [2.24, 2.45) is 11.7 Å². The largest absolute Gasteiger partial charge is 0.326 e. The highest BCUT2D eigenvalue weighted by Crippen LogP contribution is 2.14. The number of likely N-dealkylation sites (tertiary alicyclic amines) is 1. The maximum Gasteiger partial charge on any atom is 0.0599 e. The molecule has 0 aliphatic carbocycles. The van der Waals surface area contributed by atoms with Crippen LogP contribution in [0.1, 0.15) is 13.3 Å². The van der Waals surface area contributed by atoms with Gasteiger partial charge >= 0.3 is 0 Å². The van der Waals surface area contributed by atoms with Crippen LogP contribution in [0.2, 0.25) is 0 Å². The molecule has 1 fully saturated rings. The number of piperidine rings is 1.